The number of nitrogens with zero attached hydrogens (tertiary/aromatic N) is 3. The zero-order valence-electron chi connectivity index (χ0n) is 14.9. The van der Waals surface area contributed by atoms with Crippen LogP contribution in [0.15, 0.2) is 0 Å². The summed E-state index contributed by atoms with van der Waals surface area (Å²) >= 11 is 0. The molecule has 2 heterocycles. The van der Waals surface area contributed by atoms with Crippen molar-refractivity contribution in [1.82, 2.24) is 20.0 Å². The number of rotatable bonds is 3. The summed E-state index contributed by atoms with van der Waals surface area (Å²) in [7, 11) is 1.99. The van der Waals surface area contributed by atoms with Crippen molar-refractivity contribution in [2.24, 2.45) is 7.05 Å². The lowest BCUT2D eigenvalue weighted by Gasteiger charge is -2.31. The first kappa shape index (κ1) is 16.1. The lowest BCUT2D eigenvalue weighted by Crippen LogP contribution is -2.43. The minimum Gasteiger partial charge on any atom is -0.337 e. The van der Waals surface area contributed by atoms with E-state index in [0.29, 0.717) is 12.1 Å². The minimum atomic E-state index is 0.155. The quantitative estimate of drug-likeness (QED) is 0.926. The first-order valence-corrected chi connectivity index (χ1v) is 9.82. The molecule has 1 unspecified atom stereocenters. The maximum absolute atomic E-state index is 12.9. The van der Waals surface area contributed by atoms with Gasteiger partial charge in [0.25, 0.3) is 5.91 Å². The monoisotopic (exact) mass is 330 g/mol. The van der Waals surface area contributed by atoms with E-state index in [1.165, 1.54) is 49.8 Å². The van der Waals surface area contributed by atoms with Crippen molar-refractivity contribution in [3.8, 4) is 0 Å². The minimum absolute atomic E-state index is 0.155. The van der Waals surface area contributed by atoms with Gasteiger partial charge in [0.1, 0.15) is 0 Å². The molecule has 2 aliphatic carbocycles. The van der Waals surface area contributed by atoms with Crippen LogP contribution in [0, 0.1) is 0 Å². The molecule has 0 spiro atoms. The number of aromatic nitrogens is 2. The van der Waals surface area contributed by atoms with Gasteiger partial charge in [0.15, 0.2) is 5.69 Å². The number of fused-ring (bicyclic) bond motifs is 1. The summed E-state index contributed by atoms with van der Waals surface area (Å²) in [5, 5.41) is 8.50. The standard InChI is InChI=1S/C19H30N4O/c1-22-17-10-9-15(20-14-7-3-2-4-8-14)13-16(17)18(21-22)19(24)23-11-5-6-12-23/h14-15,20H,2-13H2,1H3. The van der Waals surface area contributed by atoms with Gasteiger partial charge in [0.05, 0.1) is 0 Å². The van der Waals surface area contributed by atoms with Gasteiger partial charge in [-0.15, -0.1) is 0 Å². The van der Waals surface area contributed by atoms with Crippen molar-refractivity contribution < 1.29 is 4.79 Å². The molecule has 5 nitrogen and oxygen atoms in total. The van der Waals surface area contributed by atoms with Crippen molar-refractivity contribution in [1.29, 1.82) is 0 Å². The lowest BCUT2D eigenvalue weighted by molar-refractivity contribution is 0.0785. The third-order valence-corrected chi connectivity index (χ3v) is 6.13. The molecule has 1 N–H and O–H groups in total. The maximum Gasteiger partial charge on any atom is 0.274 e. The van der Waals surface area contributed by atoms with Gasteiger partial charge in [0.2, 0.25) is 0 Å². The van der Waals surface area contributed by atoms with Crippen LogP contribution in [-0.4, -0.2) is 45.8 Å². The highest BCUT2D eigenvalue weighted by molar-refractivity contribution is 5.94. The number of amides is 1. The molecule has 0 bridgehead atoms. The summed E-state index contributed by atoms with van der Waals surface area (Å²) in [6.07, 6.45) is 12.2. The predicted octanol–water partition coefficient (Wildman–Crippen LogP) is 2.44. The van der Waals surface area contributed by atoms with Crippen LogP contribution in [0.2, 0.25) is 0 Å². The Hall–Kier alpha value is -1.36. The molecule has 4 rings (SSSR count). The highest BCUT2D eigenvalue weighted by Gasteiger charge is 2.32. The molecule has 1 aliphatic heterocycles. The third kappa shape index (κ3) is 3.10. The Morgan fingerprint density at radius 1 is 1.04 bits per heavy atom. The fourth-order valence-electron chi connectivity index (χ4n) is 4.78. The Balaban J connectivity index is 1.50. The molecule has 1 aromatic rings. The van der Waals surface area contributed by atoms with Crippen molar-refractivity contribution in [2.75, 3.05) is 13.1 Å². The third-order valence-electron chi connectivity index (χ3n) is 6.13. The van der Waals surface area contributed by atoms with Crippen molar-refractivity contribution in [2.45, 2.75) is 76.3 Å². The van der Waals surface area contributed by atoms with E-state index in [4.69, 9.17) is 0 Å². The first-order chi connectivity index (χ1) is 11.7. The van der Waals surface area contributed by atoms with E-state index < -0.39 is 0 Å². The largest absolute Gasteiger partial charge is 0.337 e. The zero-order chi connectivity index (χ0) is 16.5. The highest BCUT2D eigenvalue weighted by atomic mass is 16.2. The number of hydrogen-bond acceptors (Lipinski definition) is 3. The Morgan fingerprint density at radius 3 is 2.54 bits per heavy atom. The van der Waals surface area contributed by atoms with Gasteiger partial charge >= 0.3 is 0 Å². The highest BCUT2D eigenvalue weighted by Crippen LogP contribution is 2.27. The Labute approximate surface area is 144 Å². The molecule has 1 amide bonds. The molecule has 1 saturated heterocycles. The fraction of sp³-hybridized carbons (Fsp3) is 0.789. The van der Waals surface area contributed by atoms with Gasteiger partial charge in [-0.1, -0.05) is 19.3 Å². The van der Waals surface area contributed by atoms with Crippen molar-refractivity contribution in [3.05, 3.63) is 17.0 Å². The molecule has 1 saturated carbocycles. The van der Waals surface area contributed by atoms with Crippen LogP contribution in [0.5, 0.6) is 0 Å². The van der Waals surface area contributed by atoms with Crippen LogP contribution < -0.4 is 5.32 Å². The molecule has 0 aromatic carbocycles. The van der Waals surface area contributed by atoms with Crippen LogP contribution in [0.4, 0.5) is 0 Å². The van der Waals surface area contributed by atoms with E-state index in [2.05, 4.69) is 10.4 Å². The Kier molecular flexibility index (Phi) is 4.61. The smallest absolute Gasteiger partial charge is 0.274 e. The number of aryl methyl sites for hydroxylation is 1. The molecule has 24 heavy (non-hydrogen) atoms. The van der Waals surface area contributed by atoms with Crippen molar-refractivity contribution >= 4 is 5.91 Å². The molecular weight excluding hydrogens is 300 g/mol. The van der Waals surface area contributed by atoms with Crippen LogP contribution in [0.3, 0.4) is 0 Å². The van der Waals surface area contributed by atoms with Gasteiger partial charge in [-0.3, -0.25) is 9.48 Å². The van der Waals surface area contributed by atoms with Crippen LogP contribution in [0.1, 0.15) is 73.1 Å². The molecular formula is C19H30N4O. The second-order valence-electron chi connectivity index (χ2n) is 7.84. The summed E-state index contributed by atoms with van der Waals surface area (Å²) in [5.41, 5.74) is 3.22. The van der Waals surface area contributed by atoms with Crippen LogP contribution in [0.25, 0.3) is 0 Å². The Bertz CT molecular complexity index is 597. The average Bonchev–Trinajstić information content (AvgIpc) is 3.24. The summed E-state index contributed by atoms with van der Waals surface area (Å²) in [5.74, 6) is 0.155. The molecule has 0 radical (unpaired) electrons. The number of carbonyl (C=O) groups excluding carboxylic acids is 1. The number of likely N-dealkylation sites (tertiary alicyclic amines) is 1. The maximum atomic E-state index is 12.9. The molecule has 1 atom stereocenters. The molecule has 1 aromatic heterocycles. The van der Waals surface area contributed by atoms with E-state index in [-0.39, 0.29) is 5.91 Å². The number of carbonyl (C=O) groups is 1. The second kappa shape index (κ2) is 6.87. The van der Waals surface area contributed by atoms with E-state index in [1.54, 1.807) is 0 Å². The normalized spacial score (nSPS) is 25.0. The topological polar surface area (TPSA) is 50.2 Å². The average molecular weight is 330 g/mol. The SMILES string of the molecule is Cn1nc(C(=O)N2CCCC2)c2c1CCC(NC1CCCCC1)C2. The predicted molar refractivity (Wildman–Crippen MR) is 94.2 cm³/mol. The number of hydrogen-bond donors (Lipinski definition) is 1. The van der Waals surface area contributed by atoms with E-state index in [0.717, 1.165) is 44.5 Å². The van der Waals surface area contributed by atoms with Gasteiger partial charge < -0.3 is 10.2 Å². The lowest BCUT2D eigenvalue weighted by atomic mass is 9.88. The zero-order valence-corrected chi connectivity index (χ0v) is 14.9. The summed E-state index contributed by atoms with van der Waals surface area (Å²) in [6, 6.07) is 1.19. The van der Waals surface area contributed by atoms with E-state index >= 15 is 0 Å². The van der Waals surface area contributed by atoms with E-state index in [1.807, 2.05) is 16.6 Å². The first-order valence-electron chi connectivity index (χ1n) is 9.82. The molecule has 132 valence electrons. The van der Waals surface area contributed by atoms with Crippen LogP contribution >= 0.6 is 0 Å². The van der Waals surface area contributed by atoms with Crippen molar-refractivity contribution in [3.63, 3.8) is 0 Å². The fourth-order valence-corrected chi connectivity index (χ4v) is 4.78. The van der Waals surface area contributed by atoms with Gasteiger partial charge in [-0.25, -0.2) is 0 Å². The molecule has 2 fully saturated rings. The molecule has 3 aliphatic rings. The summed E-state index contributed by atoms with van der Waals surface area (Å²) in [6.45, 7) is 1.79. The summed E-state index contributed by atoms with van der Waals surface area (Å²) < 4.78 is 1.95. The summed E-state index contributed by atoms with van der Waals surface area (Å²) in [4.78, 5) is 14.8. The second-order valence-corrected chi connectivity index (χ2v) is 7.84. The van der Waals surface area contributed by atoms with Crippen LogP contribution in [-0.2, 0) is 19.9 Å². The van der Waals surface area contributed by atoms with Gasteiger partial charge in [0, 0.05) is 43.5 Å². The number of nitrogens with one attached hydrogen (secondary N) is 1. The molecule has 5 heteroatoms. The Morgan fingerprint density at radius 2 is 1.79 bits per heavy atom. The van der Waals surface area contributed by atoms with E-state index in [9.17, 15) is 4.79 Å². The van der Waals surface area contributed by atoms with Gasteiger partial charge in [-0.05, 0) is 44.9 Å². The van der Waals surface area contributed by atoms with Gasteiger partial charge in [-0.2, -0.15) is 5.10 Å².